The summed E-state index contributed by atoms with van der Waals surface area (Å²) < 4.78 is 0. The molecule has 0 heterocycles. The van der Waals surface area contributed by atoms with Crippen LogP contribution < -0.4 is 0 Å². The van der Waals surface area contributed by atoms with E-state index in [2.05, 4.69) is 0 Å². The van der Waals surface area contributed by atoms with Crippen molar-refractivity contribution in [1.29, 1.82) is 0 Å². The molecule has 1 aromatic carbocycles. The molecule has 0 aliphatic rings. The molecule has 0 bridgehead atoms. The molecule has 15 heavy (non-hydrogen) atoms. The lowest BCUT2D eigenvalue weighted by Gasteiger charge is -2.20. The highest BCUT2D eigenvalue weighted by atomic mass is 16.3. The second-order valence-corrected chi connectivity index (χ2v) is 3.53. The summed E-state index contributed by atoms with van der Waals surface area (Å²) in [6.07, 6.45) is -2.59. The molecule has 2 N–H and O–H groups in total. The van der Waals surface area contributed by atoms with Gasteiger partial charge < -0.3 is 15.1 Å². The van der Waals surface area contributed by atoms with Crippen molar-refractivity contribution < 1.29 is 15.0 Å². The van der Waals surface area contributed by atoms with E-state index in [0.29, 0.717) is 5.56 Å². The average molecular weight is 209 g/mol. The molecule has 1 amide bonds. The number of nitrogens with zero attached hydrogens (tertiary/aromatic N) is 1. The van der Waals surface area contributed by atoms with Gasteiger partial charge in [0.25, 0.3) is 5.91 Å². The van der Waals surface area contributed by atoms with Crippen LogP contribution in [0.3, 0.4) is 0 Å². The minimum atomic E-state index is -1.41. The van der Waals surface area contributed by atoms with Crippen LogP contribution in [-0.2, 0) is 4.79 Å². The summed E-state index contributed by atoms with van der Waals surface area (Å²) in [5, 5.41) is 19.3. The highest BCUT2D eigenvalue weighted by Gasteiger charge is 2.26. The Morgan fingerprint density at radius 3 is 2.20 bits per heavy atom. The van der Waals surface area contributed by atoms with Gasteiger partial charge in [0, 0.05) is 14.1 Å². The van der Waals surface area contributed by atoms with E-state index in [9.17, 15) is 15.0 Å². The zero-order chi connectivity index (χ0) is 11.4. The Balaban J connectivity index is 2.77. The SMILES string of the molecule is CN(C)C(=O)[C@H](O)[C@@H](O)c1ccccc1. The lowest BCUT2D eigenvalue weighted by molar-refractivity contribution is -0.143. The number of aliphatic hydroxyl groups excluding tert-OH is 2. The number of hydrogen-bond acceptors (Lipinski definition) is 3. The van der Waals surface area contributed by atoms with E-state index in [0.717, 1.165) is 0 Å². The lowest BCUT2D eigenvalue weighted by Crippen LogP contribution is -2.37. The fourth-order valence-electron chi connectivity index (χ4n) is 1.23. The number of aliphatic hydroxyl groups is 2. The van der Waals surface area contributed by atoms with Crippen LogP contribution in [0.1, 0.15) is 11.7 Å². The second kappa shape index (κ2) is 4.91. The number of likely N-dealkylation sites (N-methyl/N-ethyl adjacent to an activating group) is 1. The first-order chi connectivity index (χ1) is 7.04. The summed E-state index contributed by atoms with van der Waals surface area (Å²) in [4.78, 5) is 12.6. The molecule has 0 fully saturated rings. The number of hydrogen-bond donors (Lipinski definition) is 2. The third-order valence-corrected chi connectivity index (χ3v) is 2.13. The van der Waals surface area contributed by atoms with Crippen LogP contribution in [0.4, 0.5) is 0 Å². The van der Waals surface area contributed by atoms with E-state index in [1.54, 1.807) is 30.3 Å². The van der Waals surface area contributed by atoms with Crippen LogP contribution in [-0.4, -0.2) is 41.2 Å². The molecule has 4 heteroatoms. The zero-order valence-corrected chi connectivity index (χ0v) is 8.79. The number of carbonyl (C=O) groups is 1. The Morgan fingerprint density at radius 1 is 1.20 bits per heavy atom. The van der Waals surface area contributed by atoms with Gasteiger partial charge in [0.2, 0.25) is 0 Å². The number of rotatable bonds is 3. The van der Waals surface area contributed by atoms with Crippen LogP contribution in [0.2, 0.25) is 0 Å². The Bertz CT molecular complexity index is 324. The molecule has 1 aromatic rings. The molecule has 2 atom stereocenters. The Labute approximate surface area is 88.8 Å². The topological polar surface area (TPSA) is 60.8 Å². The van der Waals surface area contributed by atoms with E-state index >= 15 is 0 Å². The van der Waals surface area contributed by atoms with Crippen molar-refractivity contribution in [2.24, 2.45) is 0 Å². The molecule has 1 rings (SSSR count). The first-order valence-corrected chi connectivity index (χ1v) is 4.66. The third kappa shape index (κ3) is 2.78. The number of amides is 1. The van der Waals surface area contributed by atoms with Crippen LogP contribution >= 0.6 is 0 Å². The predicted octanol–water partition coefficient (Wildman–Crippen LogP) is 0.169. The number of carbonyl (C=O) groups excluding carboxylic acids is 1. The molecule has 4 nitrogen and oxygen atoms in total. The highest BCUT2D eigenvalue weighted by molar-refractivity contribution is 5.80. The van der Waals surface area contributed by atoms with Crippen LogP contribution in [0.15, 0.2) is 30.3 Å². The van der Waals surface area contributed by atoms with Gasteiger partial charge in [-0.25, -0.2) is 0 Å². The molecule has 0 unspecified atom stereocenters. The molecule has 0 saturated heterocycles. The van der Waals surface area contributed by atoms with Gasteiger partial charge in [-0.15, -0.1) is 0 Å². The number of benzene rings is 1. The first kappa shape index (κ1) is 11.7. The van der Waals surface area contributed by atoms with Crippen molar-refractivity contribution in [2.45, 2.75) is 12.2 Å². The Kier molecular flexibility index (Phi) is 3.82. The summed E-state index contributed by atoms with van der Waals surface area (Å²) in [6.45, 7) is 0. The largest absolute Gasteiger partial charge is 0.385 e. The maximum atomic E-state index is 11.4. The van der Waals surface area contributed by atoms with Crippen LogP contribution in [0, 0.1) is 0 Å². The maximum Gasteiger partial charge on any atom is 0.253 e. The fourth-order valence-corrected chi connectivity index (χ4v) is 1.23. The van der Waals surface area contributed by atoms with Gasteiger partial charge in [0.15, 0.2) is 6.10 Å². The summed E-state index contributed by atoms with van der Waals surface area (Å²) in [6, 6.07) is 8.61. The van der Waals surface area contributed by atoms with Gasteiger partial charge in [0.1, 0.15) is 6.10 Å². The molecule has 82 valence electrons. The van der Waals surface area contributed by atoms with E-state index in [1.165, 1.54) is 19.0 Å². The predicted molar refractivity (Wildman–Crippen MR) is 56.1 cm³/mol. The second-order valence-electron chi connectivity index (χ2n) is 3.53. The molecule has 0 radical (unpaired) electrons. The summed E-state index contributed by atoms with van der Waals surface area (Å²) in [7, 11) is 3.06. The summed E-state index contributed by atoms with van der Waals surface area (Å²) in [5.74, 6) is -0.508. The van der Waals surface area contributed by atoms with E-state index in [-0.39, 0.29) is 0 Å². The molecule has 0 spiro atoms. The highest BCUT2D eigenvalue weighted by Crippen LogP contribution is 2.17. The van der Waals surface area contributed by atoms with E-state index < -0.39 is 18.1 Å². The third-order valence-electron chi connectivity index (χ3n) is 2.13. The van der Waals surface area contributed by atoms with Crippen LogP contribution in [0.25, 0.3) is 0 Å². The van der Waals surface area contributed by atoms with Crippen molar-refractivity contribution in [3.8, 4) is 0 Å². The van der Waals surface area contributed by atoms with Crippen molar-refractivity contribution in [2.75, 3.05) is 14.1 Å². The first-order valence-electron chi connectivity index (χ1n) is 4.66. The minimum Gasteiger partial charge on any atom is -0.385 e. The van der Waals surface area contributed by atoms with Crippen molar-refractivity contribution >= 4 is 5.91 Å². The normalized spacial score (nSPS) is 14.4. The molecule has 0 aliphatic heterocycles. The van der Waals surface area contributed by atoms with E-state index in [1.807, 2.05) is 0 Å². The maximum absolute atomic E-state index is 11.4. The molecular weight excluding hydrogens is 194 g/mol. The Morgan fingerprint density at radius 2 is 1.73 bits per heavy atom. The summed E-state index contributed by atoms with van der Waals surface area (Å²) in [5.41, 5.74) is 0.528. The van der Waals surface area contributed by atoms with Gasteiger partial charge in [-0.1, -0.05) is 30.3 Å². The van der Waals surface area contributed by atoms with E-state index in [4.69, 9.17) is 0 Å². The van der Waals surface area contributed by atoms with Gasteiger partial charge in [-0.05, 0) is 5.56 Å². The lowest BCUT2D eigenvalue weighted by atomic mass is 10.0. The molecule has 0 saturated carbocycles. The monoisotopic (exact) mass is 209 g/mol. The molecule has 0 aromatic heterocycles. The van der Waals surface area contributed by atoms with Gasteiger partial charge in [-0.3, -0.25) is 4.79 Å². The fraction of sp³-hybridized carbons (Fsp3) is 0.364. The van der Waals surface area contributed by atoms with Crippen LogP contribution in [0.5, 0.6) is 0 Å². The quantitative estimate of drug-likeness (QED) is 0.746. The molecule has 0 aliphatic carbocycles. The summed E-state index contributed by atoms with van der Waals surface area (Å²) >= 11 is 0. The van der Waals surface area contributed by atoms with Gasteiger partial charge in [-0.2, -0.15) is 0 Å². The Hall–Kier alpha value is -1.39. The van der Waals surface area contributed by atoms with Crippen molar-refractivity contribution in [1.82, 2.24) is 4.90 Å². The standard InChI is InChI=1S/C11H15NO3/c1-12(2)11(15)10(14)9(13)8-6-4-3-5-7-8/h3-7,9-10,13-14H,1-2H3/t9-,10+/m0/s1. The van der Waals surface area contributed by atoms with Gasteiger partial charge >= 0.3 is 0 Å². The minimum absolute atomic E-state index is 0.508. The molecular formula is C11H15NO3. The van der Waals surface area contributed by atoms with Gasteiger partial charge in [0.05, 0.1) is 0 Å². The average Bonchev–Trinajstić information content (AvgIpc) is 2.27. The van der Waals surface area contributed by atoms with Crippen molar-refractivity contribution in [3.63, 3.8) is 0 Å². The smallest absolute Gasteiger partial charge is 0.253 e. The zero-order valence-electron chi connectivity index (χ0n) is 8.79. The van der Waals surface area contributed by atoms with Crippen molar-refractivity contribution in [3.05, 3.63) is 35.9 Å².